The highest BCUT2D eigenvalue weighted by atomic mass is 16.3. The van der Waals surface area contributed by atoms with Crippen LogP contribution in [0.5, 0.6) is 0 Å². The molecule has 0 bridgehead atoms. The smallest absolute Gasteiger partial charge is 0.251 e. The molecular formula is C20H17N5O3. The summed E-state index contributed by atoms with van der Waals surface area (Å²) in [4.78, 5) is 28.4. The predicted octanol–water partition coefficient (Wildman–Crippen LogP) is 2.75. The minimum atomic E-state index is -0.288. The lowest BCUT2D eigenvalue weighted by atomic mass is 10.2. The van der Waals surface area contributed by atoms with E-state index < -0.39 is 0 Å². The van der Waals surface area contributed by atoms with Gasteiger partial charge in [0.1, 0.15) is 5.69 Å². The molecule has 0 aliphatic carbocycles. The standard InChI is InChI=1S/C20H17N5O3/c26-18(11-12-21-19(27)14-6-2-1-3-7-14)23-20-22-17-10-4-8-15(25(17)24-20)16-9-5-13-28-16/h1-10,13H,11-12H2,(H,21,27)(H,23,24,26). The highest BCUT2D eigenvalue weighted by Crippen LogP contribution is 2.21. The first-order chi connectivity index (χ1) is 13.7. The first-order valence-electron chi connectivity index (χ1n) is 8.73. The number of hydrogen-bond acceptors (Lipinski definition) is 5. The maximum atomic E-state index is 12.2. The first-order valence-corrected chi connectivity index (χ1v) is 8.73. The van der Waals surface area contributed by atoms with Crippen LogP contribution >= 0.6 is 0 Å². The van der Waals surface area contributed by atoms with Gasteiger partial charge in [0.25, 0.3) is 5.91 Å². The number of benzene rings is 1. The van der Waals surface area contributed by atoms with Crippen molar-refractivity contribution in [3.8, 4) is 11.5 Å². The van der Waals surface area contributed by atoms with E-state index in [9.17, 15) is 9.59 Å². The molecule has 8 nitrogen and oxygen atoms in total. The Balaban J connectivity index is 1.38. The van der Waals surface area contributed by atoms with Gasteiger partial charge in [-0.15, -0.1) is 5.10 Å². The van der Waals surface area contributed by atoms with Gasteiger partial charge in [-0.25, -0.2) is 4.52 Å². The van der Waals surface area contributed by atoms with Gasteiger partial charge in [-0.05, 0) is 36.4 Å². The second-order valence-electron chi connectivity index (χ2n) is 6.01. The van der Waals surface area contributed by atoms with Crippen LogP contribution in [0.2, 0.25) is 0 Å². The molecule has 0 saturated heterocycles. The third-order valence-electron chi connectivity index (χ3n) is 4.06. The van der Waals surface area contributed by atoms with Crippen molar-refractivity contribution in [1.82, 2.24) is 19.9 Å². The molecule has 2 N–H and O–H groups in total. The van der Waals surface area contributed by atoms with Crippen molar-refractivity contribution < 1.29 is 14.0 Å². The minimum absolute atomic E-state index is 0.110. The van der Waals surface area contributed by atoms with Crippen LogP contribution in [0.3, 0.4) is 0 Å². The Morgan fingerprint density at radius 1 is 1.00 bits per heavy atom. The quantitative estimate of drug-likeness (QED) is 0.540. The van der Waals surface area contributed by atoms with Crippen LogP contribution in [-0.4, -0.2) is 33.0 Å². The summed E-state index contributed by atoms with van der Waals surface area (Å²) in [6.07, 6.45) is 1.69. The molecule has 4 aromatic rings. The summed E-state index contributed by atoms with van der Waals surface area (Å²) in [5.41, 5.74) is 1.86. The number of fused-ring (bicyclic) bond motifs is 1. The van der Waals surface area contributed by atoms with E-state index >= 15 is 0 Å². The van der Waals surface area contributed by atoms with Crippen LogP contribution in [0.15, 0.2) is 71.3 Å². The Hall–Kier alpha value is -3.94. The van der Waals surface area contributed by atoms with Crippen molar-refractivity contribution >= 4 is 23.4 Å². The Bertz CT molecular complexity index is 1100. The maximum Gasteiger partial charge on any atom is 0.251 e. The highest BCUT2D eigenvalue weighted by Gasteiger charge is 2.13. The zero-order valence-electron chi connectivity index (χ0n) is 14.8. The summed E-state index contributed by atoms with van der Waals surface area (Å²) in [5, 5.41) is 9.69. The topological polar surface area (TPSA) is 102 Å². The van der Waals surface area contributed by atoms with E-state index in [4.69, 9.17) is 4.42 Å². The molecule has 0 spiro atoms. The van der Waals surface area contributed by atoms with E-state index in [-0.39, 0.29) is 30.7 Å². The second kappa shape index (κ2) is 7.75. The molecular weight excluding hydrogens is 358 g/mol. The molecule has 0 radical (unpaired) electrons. The number of carbonyl (C=O) groups is 2. The third kappa shape index (κ3) is 3.75. The maximum absolute atomic E-state index is 12.2. The number of amides is 2. The summed E-state index contributed by atoms with van der Waals surface area (Å²) in [5.74, 6) is 0.335. The van der Waals surface area contributed by atoms with Crippen molar-refractivity contribution in [2.24, 2.45) is 0 Å². The van der Waals surface area contributed by atoms with E-state index in [2.05, 4.69) is 20.7 Å². The van der Waals surface area contributed by atoms with Gasteiger partial charge in [0.05, 0.1) is 6.26 Å². The minimum Gasteiger partial charge on any atom is -0.463 e. The summed E-state index contributed by atoms with van der Waals surface area (Å²) in [7, 11) is 0. The molecule has 3 aromatic heterocycles. The number of pyridine rings is 1. The molecule has 140 valence electrons. The Kier molecular flexibility index (Phi) is 4.83. The van der Waals surface area contributed by atoms with E-state index in [1.807, 2.05) is 24.3 Å². The lowest BCUT2D eigenvalue weighted by molar-refractivity contribution is -0.116. The molecule has 3 heterocycles. The molecule has 0 aliphatic heterocycles. The Labute approximate surface area is 160 Å². The number of carbonyl (C=O) groups excluding carboxylic acids is 2. The molecule has 8 heteroatoms. The number of nitrogens with zero attached hydrogens (tertiary/aromatic N) is 3. The Morgan fingerprint density at radius 3 is 2.64 bits per heavy atom. The van der Waals surface area contributed by atoms with E-state index in [1.165, 1.54) is 0 Å². The van der Waals surface area contributed by atoms with Crippen LogP contribution in [0, 0.1) is 0 Å². The average molecular weight is 375 g/mol. The number of anilines is 1. The van der Waals surface area contributed by atoms with Crippen molar-refractivity contribution in [3.05, 3.63) is 72.5 Å². The first kappa shape index (κ1) is 17.5. The van der Waals surface area contributed by atoms with Crippen molar-refractivity contribution in [3.63, 3.8) is 0 Å². The van der Waals surface area contributed by atoms with Crippen LogP contribution in [0.25, 0.3) is 17.1 Å². The molecule has 2 amide bonds. The molecule has 4 rings (SSSR count). The third-order valence-corrected chi connectivity index (χ3v) is 4.06. The molecule has 0 aliphatic rings. The molecule has 28 heavy (non-hydrogen) atoms. The van der Waals surface area contributed by atoms with Crippen LogP contribution in [0.1, 0.15) is 16.8 Å². The predicted molar refractivity (Wildman–Crippen MR) is 103 cm³/mol. The largest absolute Gasteiger partial charge is 0.463 e. The van der Waals surface area contributed by atoms with E-state index in [1.54, 1.807) is 47.2 Å². The lowest BCUT2D eigenvalue weighted by Gasteiger charge is -2.04. The number of aromatic nitrogens is 3. The summed E-state index contributed by atoms with van der Waals surface area (Å²) >= 11 is 0. The van der Waals surface area contributed by atoms with Gasteiger partial charge in [0.2, 0.25) is 11.9 Å². The van der Waals surface area contributed by atoms with Crippen molar-refractivity contribution in [2.45, 2.75) is 6.42 Å². The van der Waals surface area contributed by atoms with E-state index in [0.29, 0.717) is 17.0 Å². The van der Waals surface area contributed by atoms with Gasteiger partial charge < -0.3 is 9.73 Å². The molecule has 0 saturated carbocycles. The zero-order valence-corrected chi connectivity index (χ0v) is 14.8. The Morgan fingerprint density at radius 2 is 1.86 bits per heavy atom. The molecule has 0 atom stereocenters. The fourth-order valence-electron chi connectivity index (χ4n) is 2.74. The molecule has 0 fully saturated rings. The van der Waals surface area contributed by atoms with Crippen molar-refractivity contribution in [1.29, 1.82) is 0 Å². The normalized spacial score (nSPS) is 10.7. The van der Waals surface area contributed by atoms with Crippen LogP contribution in [-0.2, 0) is 4.79 Å². The summed E-state index contributed by atoms with van der Waals surface area (Å²) < 4.78 is 7.02. The van der Waals surface area contributed by atoms with Crippen LogP contribution in [0.4, 0.5) is 5.95 Å². The second-order valence-corrected chi connectivity index (χ2v) is 6.01. The van der Waals surface area contributed by atoms with E-state index in [0.717, 1.165) is 5.69 Å². The SMILES string of the molecule is O=C(CCNC(=O)c1ccccc1)Nc1nc2cccc(-c3ccco3)n2n1. The number of nitrogens with one attached hydrogen (secondary N) is 2. The fraction of sp³-hybridized carbons (Fsp3) is 0.100. The van der Waals surface area contributed by atoms with Gasteiger partial charge in [0.15, 0.2) is 11.4 Å². The van der Waals surface area contributed by atoms with Gasteiger partial charge in [-0.3, -0.25) is 14.9 Å². The van der Waals surface area contributed by atoms with Crippen molar-refractivity contribution in [2.75, 3.05) is 11.9 Å². The monoisotopic (exact) mass is 375 g/mol. The molecule has 1 aromatic carbocycles. The number of hydrogen-bond donors (Lipinski definition) is 2. The van der Waals surface area contributed by atoms with Gasteiger partial charge in [0, 0.05) is 18.5 Å². The van der Waals surface area contributed by atoms with Gasteiger partial charge in [-0.1, -0.05) is 24.3 Å². The summed E-state index contributed by atoms with van der Waals surface area (Å²) in [6.45, 7) is 0.213. The van der Waals surface area contributed by atoms with Gasteiger partial charge in [-0.2, -0.15) is 4.98 Å². The average Bonchev–Trinajstić information content (AvgIpc) is 3.37. The highest BCUT2D eigenvalue weighted by molar-refractivity contribution is 5.95. The van der Waals surface area contributed by atoms with Crippen LogP contribution < -0.4 is 10.6 Å². The molecule has 0 unspecified atom stereocenters. The number of rotatable bonds is 6. The fourth-order valence-corrected chi connectivity index (χ4v) is 2.74. The number of furan rings is 1. The zero-order chi connectivity index (χ0) is 19.3. The summed E-state index contributed by atoms with van der Waals surface area (Å²) in [6, 6.07) is 17.9. The lowest BCUT2D eigenvalue weighted by Crippen LogP contribution is -2.27. The van der Waals surface area contributed by atoms with Gasteiger partial charge >= 0.3 is 0 Å².